The molecule has 4 fully saturated rings. The fourth-order valence-electron chi connectivity index (χ4n) is 5.65. The van der Waals surface area contributed by atoms with Gasteiger partial charge < -0.3 is 105 Å². The normalized spacial score (nSPS) is 52.1. The van der Waals surface area contributed by atoms with Crippen molar-refractivity contribution >= 4 is 0 Å². The first-order valence-corrected chi connectivity index (χ1v) is 14.0. The van der Waals surface area contributed by atoms with E-state index >= 15 is 0 Å². The molecular formula is C24H42O21. The molecule has 4 saturated heterocycles. The van der Waals surface area contributed by atoms with Crippen LogP contribution in [0.1, 0.15) is 0 Å². The van der Waals surface area contributed by atoms with E-state index in [1.807, 2.05) is 0 Å². The number of aliphatic hydroxyl groups excluding tert-OH is 14. The van der Waals surface area contributed by atoms with E-state index in [1.165, 1.54) is 0 Å². The van der Waals surface area contributed by atoms with E-state index in [2.05, 4.69) is 0 Å². The maximum atomic E-state index is 11.0. The van der Waals surface area contributed by atoms with Crippen LogP contribution < -0.4 is 0 Å². The zero-order valence-electron chi connectivity index (χ0n) is 23.7. The summed E-state index contributed by atoms with van der Waals surface area (Å²) in [5.41, 5.74) is 0. The number of hydrogen-bond donors (Lipinski definition) is 14. The van der Waals surface area contributed by atoms with Gasteiger partial charge in [-0.25, -0.2) is 0 Å². The Morgan fingerprint density at radius 2 is 0.844 bits per heavy atom. The van der Waals surface area contributed by atoms with Crippen molar-refractivity contribution < 1.29 is 105 Å². The molecule has 0 radical (unpaired) electrons. The highest BCUT2D eigenvalue weighted by atomic mass is 16.8. The molecule has 17 unspecified atom stereocenters. The second-order valence-electron chi connectivity index (χ2n) is 11.3. The topological polar surface area (TPSA) is 348 Å². The van der Waals surface area contributed by atoms with Crippen LogP contribution in [-0.2, 0) is 33.2 Å². The second-order valence-corrected chi connectivity index (χ2v) is 11.3. The Morgan fingerprint density at radius 3 is 1.31 bits per heavy atom. The predicted octanol–water partition coefficient (Wildman–Crippen LogP) is -9.74. The summed E-state index contributed by atoms with van der Waals surface area (Å²) in [6.45, 7) is -6.84. The van der Waals surface area contributed by atoms with Gasteiger partial charge in [0, 0.05) is 0 Å². The summed E-state index contributed by atoms with van der Waals surface area (Å²) in [7, 11) is 0. The van der Waals surface area contributed by atoms with Crippen molar-refractivity contribution in [1.29, 1.82) is 0 Å². The van der Waals surface area contributed by atoms with Crippen molar-refractivity contribution in [2.24, 2.45) is 0 Å². The Kier molecular flexibility index (Phi) is 11.8. The molecule has 0 spiro atoms. The minimum Gasteiger partial charge on any atom is -0.394 e. The minimum absolute atomic E-state index is 0.809. The molecule has 0 aliphatic carbocycles. The van der Waals surface area contributed by atoms with E-state index in [0.717, 1.165) is 0 Å². The third-order valence-electron chi connectivity index (χ3n) is 8.48. The molecule has 0 aromatic rings. The summed E-state index contributed by atoms with van der Waals surface area (Å²) >= 11 is 0. The molecule has 0 bridgehead atoms. The van der Waals surface area contributed by atoms with Gasteiger partial charge in [0.25, 0.3) is 0 Å². The molecule has 0 saturated carbocycles. The third kappa shape index (κ3) is 6.49. The fourth-order valence-corrected chi connectivity index (χ4v) is 5.65. The highest BCUT2D eigenvalue weighted by Crippen LogP contribution is 2.41. The molecule has 4 heterocycles. The van der Waals surface area contributed by atoms with Crippen LogP contribution in [0.4, 0.5) is 0 Å². The van der Waals surface area contributed by atoms with Crippen molar-refractivity contribution in [1.82, 2.24) is 0 Å². The first-order valence-electron chi connectivity index (χ1n) is 14.0. The van der Waals surface area contributed by atoms with Gasteiger partial charge in [-0.05, 0) is 0 Å². The van der Waals surface area contributed by atoms with Crippen molar-refractivity contribution in [2.75, 3.05) is 46.2 Å². The lowest BCUT2D eigenvalue weighted by Gasteiger charge is -2.44. The van der Waals surface area contributed by atoms with E-state index in [4.69, 9.17) is 33.2 Å². The first kappa shape index (κ1) is 37.0. The van der Waals surface area contributed by atoms with Gasteiger partial charge in [0.2, 0.25) is 17.4 Å². The summed E-state index contributed by atoms with van der Waals surface area (Å²) in [6.07, 6.45) is -25.6. The lowest BCUT2D eigenvalue weighted by molar-refractivity contribution is -0.404. The molecule has 17 atom stereocenters. The lowest BCUT2D eigenvalue weighted by Crippen LogP contribution is -2.63. The van der Waals surface area contributed by atoms with Gasteiger partial charge in [0.1, 0.15) is 99.2 Å². The molecular weight excluding hydrogens is 624 g/mol. The van der Waals surface area contributed by atoms with Crippen LogP contribution in [0.3, 0.4) is 0 Å². The largest absolute Gasteiger partial charge is 0.394 e. The molecule has 4 aliphatic rings. The van der Waals surface area contributed by atoms with Crippen molar-refractivity contribution in [3.05, 3.63) is 0 Å². The Morgan fingerprint density at radius 1 is 0.444 bits per heavy atom. The van der Waals surface area contributed by atoms with Gasteiger partial charge >= 0.3 is 0 Å². The number of rotatable bonds is 13. The Bertz CT molecular complexity index is 962. The summed E-state index contributed by atoms with van der Waals surface area (Å²) < 4.78 is 38.7. The zero-order chi connectivity index (χ0) is 33.5. The van der Waals surface area contributed by atoms with E-state index in [0.29, 0.717) is 0 Å². The van der Waals surface area contributed by atoms with Gasteiger partial charge in [0.05, 0.1) is 26.4 Å². The SMILES string of the molecule is OCC1OC(OC2(COC3(COC4(CO)OC(CO)C(O)C4O)OC(CO)C(O)C3O)OC(CO)C(O)C2O)C(O)C(O)C1O. The highest BCUT2D eigenvalue weighted by molar-refractivity contribution is 5.03. The van der Waals surface area contributed by atoms with Crippen molar-refractivity contribution in [3.8, 4) is 0 Å². The molecule has 45 heavy (non-hydrogen) atoms. The Balaban J connectivity index is 1.65. The molecule has 4 aliphatic heterocycles. The van der Waals surface area contributed by atoms with Crippen LogP contribution in [0.15, 0.2) is 0 Å². The Hall–Kier alpha value is -0.840. The average molecular weight is 667 g/mol. The van der Waals surface area contributed by atoms with Gasteiger partial charge in [-0.1, -0.05) is 0 Å². The van der Waals surface area contributed by atoms with Crippen molar-refractivity contribution in [2.45, 2.75) is 103 Å². The highest BCUT2D eigenvalue weighted by Gasteiger charge is 2.64. The van der Waals surface area contributed by atoms with Gasteiger partial charge in [-0.15, -0.1) is 0 Å². The van der Waals surface area contributed by atoms with E-state index in [9.17, 15) is 71.5 Å². The van der Waals surface area contributed by atoms with E-state index in [1.54, 1.807) is 0 Å². The van der Waals surface area contributed by atoms with Crippen LogP contribution >= 0.6 is 0 Å². The Labute approximate surface area is 254 Å². The summed E-state index contributed by atoms with van der Waals surface area (Å²) in [5, 5.41) is 143. The van der Waals surface area contributed by atoms with Crippen LogP contribution in [0, 0.1) is 0 Å². The second kappa shape index (κ2) is 14.3. The molecule has 0 amide bonds. The molecule has 21 nitrogen and oxygen atoms in total. The number of aliphatic hydroxyl groups is 14. The quantitative estimate of drug-likeness (QED) is 0.0867. The van der Waals surface area contributed by atoms with Gasteiger partial charge in [-0.3, -0.25) is 0 Å². The van der Waals surface area contributed by atoms with Crippen molar-refractivity contribution in [3.63, 3.8) is 0 Å². The standard InChI is InChI=1S/C24H42O21/c25-1-8-12(30)16(34)17(35)21(41-8)45-24(20(38)15(33)11(4-28)44-24)7-40-23(19(37)14(32)10(3-27)43-23)6-39-22(5-29)18(36)13(31)9(2-26)42-22/h8-21,25-38H,1-7H2. The molecule has 4 rings (SSSR count). The van der Waals surface area contributed by atoms with Crippen LogP contribution in [0.2, 0.25) is 0 Å². The molecule has 21 heteroatoms. The first-order chi connectivity index (χ1) is 21.2. The zero-order valence-corrected chi connectivity index (χ0v) is 23.7. The summed E-state index contributed by atoms with van der Waals surface area (Å²) in [6, 6.07) is 0. The number of ether oxygens (including phenoxy) is 7. The minimum atomic E-state index is -2.67. The summed E-state index contributed by atoms with van der Waals surface area (Å²) in [5.74, 6) is -7.73. The van der Waals surface area contributed by atoms with Crippen LogP contribution in [-0.4, -0.2) is 221 Å². The molecule has 0 aromatic heterocycles. The monoisotopic (exact) mass is 666 g/mol. The maximum Gasteiger partial charge on any atom is 0.224 e. The fraction of sp³-hybridized carbons (Fsp3) is 1.00. The van der Waals surface area contributed by atoms with E-state index in [-0.39, 0.29) is 0 Å². The third-order valence-corrected chi connectivity index (χ3v) is 8.48. The summed E-state index contributed by atoms with van der Waals surface area (Å²) in [4.78, 5) is 0. The molecule has 264 valence electrons. The lowest BCUT2D eigenvalue weighted by atomic mass is 9.99. The van der Waals surface area contributed by atoms with Crippen LogP contribution in [0.5, 0.6) is 0 Å². The predicted molar refractivity (Wildman–Crippen MR) is 134 cm³/mol. The average Bonchev–Trinajstić information content (AvgIpc) is 3.55. The molecule has 0 aromatic carbocycles. The molecule has 14 N–H and O–H groups in total. The smallest absolute Gasteiger partial charge is 0.224 e. The number of hydrogen-bond acceptors (Lipinski definition) is 21. The van der Waals surface area contributed by atoms with Gasteiger partial charge in [0.15, 0.2) is 6.29 Å². The van der Waals surface area contributed by atoms with Gasteiger partial charge in [-0.2, -0.15) is 0 Å². The maximum absolute atomic E-state index is 11.0. The van der Waals surface area contributed by atoms with Crippen LogP contribution in [0.25, 0.3) is 0 Å². The van der Waals surface area contributed by atoms with E-state index < -0.39 is 149 Å².